The Hall–Kier alpha value is -3.81. The van der Waals surface area contributed by atoms with Gasteiger partial charge in [0.25, 0.3) is 0 Å². The van der Waals surface area contributed by atoms with Gasteiger partial charge in [0.05, 0.1) is 12.8 Å². The van der Waals surface area contributed by atoms with Gasteiger partial charge in [-0.1, -0.05) is 30.3 Å². The topological polar surface area (TPSA) is 161 Å². The van der Waals surface area contributed by atoms with E-state index in [1.54, 1.807) is 6.07 Å². The van der Waals surface area contributed by atoms with E-state index in [2.05, 4.69) is 9.97 Å². The maximum absolute atomic E-state index is 9.90. The van der Waals surface area contributed by atoms with Gasteiger partial charge in [0.2, 0.25) is 5.95 Å². The normalized spacial score (nSPS) is 10.3. The molecular weight excluding hydrogens is 373 g/mol. The number of nitrogen functional groups attached to an aromatic ring is 2. The minimum atomic E-state index is -1.86. The third-order valence-electron chi connectivity index (χ3n) is 4.15. The van der Waals surface area contributed by atoms with Crippen LogP contribution in [0.25, 0.3) is 11.3 Å². The Kier molecular flexibility index (Phi) is 5.83. The maximum atomic E-state index is 9.90. The summed E-state index contributed by atoms with van der Waals surface area (Å²) in [5, 5.41) is 29.2. The minimum Gasteiger partial charge on any atom is -0.493 e. The Labute approximate surface area is 167 Å². The molecule has 3 aromatic rings. The molecule has 3 rings (SSSR count). The molecule has 0 aliphatic carbocycles. The lowest BCUT2D eigenvalue weighted by atomic mass is 9.78. The van der Waals surface area contributed by atoms with Crippen molar-refractivity contribution in [1.29, 1.82) is 5.26 Å². The number of rotatable bonds is 6. The summed E-state index contributed by atoms with van der Waals surface area (Å²) in [7, 11) is -0.452. The van der Waals surface area contributed by atoms with Crippen molar-refractivity contribution in [2.45, 2.75) is 6.61 Å². The van der Waals surface area contributed by atoms with E-state index in [9.17, 15) is 15.3 Å². The molecule has 1 heterocycles. The number of hydrogen-bond acceptors (Lipinski definition) is 9. The van der Waals surface area contributed by atoms with Crippen LogP contribution in [-0.2, 0) is 6.61 Å². The zero-order valence-electron chi connectivity index (χ0n) is 15.5. The average Bonchev–Trinajstić information content (AvgIpc) is 2.71. The Morgan fingerprint density at radius 2 is 1.86 bits per heavy atom. The van der Waals surface area contributed by atoms with Crippen molar-refractivity contribution < 1.29 is 19.5 Å². The van der Waals surface area contributed by atoms with Gasteiger partial charge in [0.1, 0.15) is 24.1 Å². The Bertz CT molecular complexity index is 1070. The number of hydrogen-bond donors (Lipinski definition) is 4. The molecule has 0 atom stereocenters. The van der Waals surface area contributed by atoms with Crippen molar-refractivity contribution in [3.05, 3.63) is 53.6 Å². The highest BCUT2D eigenvalue weighted by atomic mass is 16.5. The third-order valence-corrected chi connectivity index (χ3v) is 4.15. The number of aromatic nitrogens is 2. The first-order valence-electron chi connectivity index (χ1n) is 8.52. The van der Waals surface area contributed by atoms with Gasteiger partial charge in [-0.2, -0.15) is 10.2 Å². The van der Waals surface area contributed by atoms with Crippen LogP contribution in [0.1, 0.15) is 11.1 Å². The number of methoxy groups -OCH3 is 1. The largest absolute Gasteiger partial charge is 0.493 e. The van der Waals surface area contributed by atoms with E-state index in [1.165, 1.54) is 13.2 Å². The second-order valence-corrected chi connectivity index (χ2v) is 6.05. The van der Waals surface area contributed by atoms with Crippen molar-refractivity contribution in [3.63, 3.8) is 0 Å². The van der Waals surface area contributed by atoms with E-state index in [0.717, 1.165) is 5.56 Å². The molecule has 9 nitrogen and oxygen atoms in total. The van der Waals surface area contributed by atoms with Gasteiger partial charge < -0.3 is 31.0 Å². The summed E-state index contributed by atoms with van der Waals surface area (Å²) in [6.07, 6.45) is 0. The van der Waals surface area contributed by atoms with Gasteiger partial charge in [-0.25, -0.2) is 4.98 Å². The van der Waals surface area contributed by atoms with Crippen LogP contribution in [0.4, 0.5) is 11.8 Å². The highest BCUT2D eigenvalue weighted by Crippen LogP contribution is 2.33. The lowest BCUT2D eigenvalue weighted by Gasteiger charge is -2.17. The standard InChI is InChI=1S/C19H18BN5O4/c1-28-15-8-12(16-13(9-21)18(22)25-19(23)24-16)7-14(20(26)27)17(15)29-10-11-5-3-2-4-6-11/h2-8,26-27H,10H2,1H3,(H4,22,23,24,25). The monoisotopic (exact) mass is 391 g/mol. The van der Waals surface area contributed by atoms with E-state index in [-0.39, 0.29) is 46.6 Å². The van der Waals surface area contributed by atoms with Crippen LogP contribution in [0.5, 0.6) is 11.5 Å². The fraction of sp³-hybridized carbons (Fsp3) is 0.105. The van der Waals surface area contributed by atoms with Crippen molar-refractivity contribution in [2.24, 2.45) is 0 Å². The summed E-state index contributed by atoms with van der Waals surface area (Å²) in [6, 6.07) is 14.3. The van der Waals surface area contributed by atoms with Crippen LogP contribution in [0.15, 0.2) is 42.5 Å². The predicted octanol–water partition coefficient (Wildman–Crippen LogP) is 0.447. The first-order chi connectivity index (χ1) is 13.9. The molecule has 0 aliphatic heterocycles. The molecule has 6 N–H and O–H groups in total. The molecule has 0 amide bonds. The Morgan fingerprint density at radius 3 is 2.48 bits per heavy atom. The summed E-state index contributed by atoms with van der Waals surface area (Å²) in [6.45, 7) is 0.188. The molecule has 0 unspecified atom stereocenters. The van der Waals surface area contributed by atoms with E-state index in [4.69, 9.17) is 20.9 Å². The van der Waals surface area contributed by atoms with Crippen LogP contribution in [0.2, 0.25) is 0 Å². The minimum absolute atomic E-state index is 0.0117. The Balaban J connectivity index is 2.11. The first kappa shape index (κ1) is 19.9. The van der Waals surface area contributed by atoms with E-state index >= 15 is 0 Å². The highest BCUT2D eigenvalue weighted by molar-refractivity contribution is 6.60. The van der Waals surface area contributed by atoms with E-state index < -0.39 is 7.12 Å². The number of nitrogens with zero attached hydrogens (tertiary/aromatic N) is 3. The fourth-order valence-corrected chi connectivity index (χ4v) is 2.80. The van der Waals surface area contributed by atoms with Crippen molar-refractivity contribution in [3.8, 4) is 28.8 Å². The van der Waals surface area contributed by atoms with Gasteiger partial charge >= 0.3 is 7.12 Å². The maximum Gasteiger partial charge on any atom is 0.492 e. The number of benzene rings is 2. The zero-order valence-corrected chi connectivity index (χ0v) is 15.5. The van der Waals surface area contributed by atoms with E-state index in [0.29, 0.717) is 5.56 Å². The number of ether oxygens (including phenoxy) is 2. The van der Waals surface area contributed by atoms with Gasteiger partial charge in [-0.3, -0.25) is 0 Å². The van der Waals surface area contributed by atoms with Gasteiger partial charge in [-0.15, -0.1) is 0 Å². The van der Waals surface area contributed by atoms with Crippen LogP contribution in [-0.4, -0.2) is 34.2 Å². The highest BCUT2D eigenvalue weighted by Gasteiger charge is 2.25. The van der Waals surface area contributed by atoms with Gasteiger partial charge in [0, 0.05) is 11.0 Å². The second kappa shape index (κ2) is 8.47. The quantitative estimate of drug-likeness (QED) is 0.437. The summed E-state index contributed by atoms with van der Waals surface area (Å²) in [5.41, 5.74) is 12.9. The molecule has 0 bridgehead atoms. The van der Waals surface area contributed by atoms with Crippen LogP contribution in [0.3, 0.4) is 0 Å². The van der Waals surface area contributed by atoms with Crippen LogP contribution >= 0.6 is 0 Å². The second-order valence-electron chi connectivity index (χ2n) is 6.05. The molecular formula is C19H18BN5O4. The molecule has 0 saturated heterocycles. The molecule has 0 aliphatic rings. The molecule has 2 aromatic carbocycles. The zero-order chi connectivity index (χ0) is 21.0. The number of nitrogens with two attached hydrogens (primary N) is 2. The Morgan fingerprint density at radius 1 is 1.14 bits per heavy atom. The molecule has 0 saturated carbocycles. The van der Waals surface area contributed by atoms with Crippen molar-refractivity contribution >= 4 is 24.3 Å². The van der Waals surface area contributed by atoms with E-state index in [1.807, 2.05) is 36.4 Å². The third kappa shape index (κ3) is 4.21. The lowest BCUT2D eigenvalue weighted by Crippen LogP contribution is -2.32. The summed E-state index contributed by atoms with van der Waals surface area (Å²) >= 11 is 0. The smallest absolute Gasteiger partial charge is 0.492 e. The predicted molar refractivity (Wildman–Crippen MR) is 108 cm³/mol. The average molecular weight is 391 g/mol. The van der Waals surface area contributed by atoms with Gasteiger partial charge in [-0.05, 0) is 17.7 Å². The lowest BCUT2D eigenvalue weighted by molar-refractivity contribution is 0.285. The number of anilines is 2. The SMILES string of the molecule is COc1cc(-c2nc(N)nc(N)c2C#N)cc(B(O)O)c1OCc1ccccc1. The van der Waals surface area contributed by atoms with Crippen LogP contribution < -0.4 is 26.4 Å². The summed E-state index contributed by atoms with van der Waals surface area (Å²) in [4.78, 5) is 7.86. The molecule has 10 heteroatoms. The van der Waals surface area contributed by atoms with Crippen LogP contribution in [0, 0.1) is 11.3 Å². The molecule has 29 heavy (non-hydrogen) atoms. The number of nitriles is 1. The first-order valence-corrected chi connectivity index (χ1v) is 8.52. The molecule has 146 valence electrons. The van der Waals surface area contributed by atoms with Crippen molar-refractivity contribution in [1.82, 2.24) is 9.97 Å². The van der Waals surface area contributed by atoms with Crippen molar-refractivity contribution in [2.75, 3.05) is 18.6 Å². The fourth-order valence-electron chi connectivity index (χ4n) is 2.80. The summed E-state index contributed by atoms with van der Waals surface area (Å²) < 4.78 is 11.2. The van der Waals surface area contributed by atoms with Gasteiger partial charge in [0.15, 0.2) is 11.5 Å². The molecule has 1 aromatic heterocycles. The molecule has 0 spiro atoms. The summed E-state index contributed by atoms with van der Waals surface area (Å²) in [5.74, 6) is 0.181. The molecule has 0 fully saturated rings. The molecule has 0 radical (unpaired) electrons.